The first-order chi connectivity index (χ1) is 11.7. The summed E-state index contributed by atoms with van der Waals surface area (Å²) >= 11 is 1.43. The molecule has 2 aromatic heterocycles. The van der Waals surface area contributed by atoms with Gasteiger partial charge in [-0.05, 0) is 12.8 Å². The van der Waals surface area contributed by atoms with Gasteiger partial charge in [-0.15, -0.1) is 11.3 Å². The Morgan fingerprint density at radius 3 is 3.21 bits per heavy atom. The molecule has 2 fully saturated rings. The number of nitrogens with one attached hydrogen (secondary N) is 1. The average molecular weight is 347 g/mol. The summed E-state index contributed by atoms with van der Waals surface area (Å²) in [4.78, 5) is 18.9. The van der Waals surface area contributed by atoms with E-state index in [0.29, 0.717) is 11.7 Å². The topological polar surface area (TPSA) is 72.3 Å². The number of amides is 1. The highest BCUT2D eigenvalue weighted by molar-refractivity contribution is 7.07. The van der Waals surface area contributed by atoms with Crippen LogP contribution in [0.5, 0.6) is 0 Å². The number of nitrogens with zero attached hydrogens (tertiary/aromatic N) is 4. The first-order valence-electron chi connectivity index (χ1n) is 8.23. The Balaban J connectivity index is 1.47. The van der Waals surface area contributed by atoms with E-state index in [0.717, 1.165) is 32.5 Å². The van der Waals surface area contributed by atoms with E-state index in [1.54, 1.807) is 10.9 Å². The van der Waals surface area contributed by atoms with Gasteiger partial charge in [0.1, 0.15) is 5.69 Å². The number of ether oxygens (including phenoxy) is 1. The summed E-state index contributed by atoms with van der Waals surface area (Å²) in [6, 6.07) is 0.348. The lowest BCUT2D eigenvalue weighted by Gasteiger charge is -2.32. The van der Waals surface area contributed by atoms with Crippen LogP contribution >= 0.6 is 11.3 Å². The molecule has 24 heavy (non-hydrogen) atoms. The van der Waals surface area contributed by atoms with Crippen molar-refractivity contribution in [1.82, 2.24) is 25.0 Å². The summed E-state index contributed by atoms with van der Waals surface area (Å²) in [6.45, 7) is 2.40. The quantitative estimate of drug-likeness (QED) is 0.895. The second-order valence-corrected chi connectivity index (χ2v) is 7.17. The number of carbonyl (C=O) groups is 1. The molecule has 7 nitrogen and oxygen atoms in total. The van der Waals surface area contributed by atoms with Gasteiger partial charge in [0, 0.05) is 49.9 Å². The molecule has 1 amide bonds. The number of aromatic nitrogens is 3. The zero-order valence-electron chi connectivity index (χ0n) is 13.6. The van der Waals surface area contributed by atoms with Crippen molar-refractivity contribution >= 4 is 17.2 Å². The summed E-state index contributed by atoms with van der Waals surface area (Å²) in [5, 5.41) is 9.14. The minimum atomic E-state index is -0.114. The molecule has 3 atom stereocenters. The number of rotatable bonds is 4. The Labute approximate surface area is 144 Å². The molecule has 4 rings (SSSR count). The molecule has 4 heterocycles. The summed E-state index contributed by atoms with van der Waals surface area (Å²) < 4.78 is 7.83. The van der Waals surface area contributed by atoms with Crippen molar-refractivity contribution < 1.29 is 9.53 Å². The minimum absolute atomic E-state index is 0.00108. The molecule has 2 aliphatic rings. The van der Waals surface area contributed by atoms with Gasteiger partial charge in [0.05, 0.1) is 23.9 Å². The van der Waals surface area contributed by atoms with E-state index < -0.39 is 0 Å². The molecular weight excluding hydrogens is 326 g/mol. The van der Waals surface area contributed by atoms with Gasteiger partial charge >= 0.3 is 0 Å². The smallest absolute Gasteiger partial charge is 0.271 e. The SMILES string of the molecule is Cn1cc(CN2C[C@@H](NC(=O)c3cscn3)[C@H]3OCCC[C@H]32)cn1. The number of hydrogen-bond donors (Lipinski definition) is 1. The third-order valence-corrected chi connectivity index (χ3v) is 5.34. The van der Waals surface area contributed by atoms with Crippen molar-refractivity contribution in [2.45, 2.75) is 37.6 Å². The van der Waals surface area contributed by atoms with Crippen LogP contribution in [0.15, 0.2) is 23.3 Å². The van der Waals surface area contributed by atoms with E-state index in [-0.39, 0.29) is 18.1 Å². The van der Waals surface area contributed by atoms with Gasteiger partial charge in [-0.3, -0.25) is 14.4 Å². The van der Waals surface area contributed by atoms with Gasteiger partial charge in [-0.2, -0.15) is 5.10 Å². The van der Waals surface area contributed by atoms with Crippen LogP contribution in [-0.4, -0.2) is 56.9 Å². The van der Waals surface area contributed by atoms with Crippen LogP contribution in [0.4, 0.5) is 0 Å². The fraction of sp³-hybridized carbons (Fsp3) is 0.562. The van der Waals surface area contributed by atoms with Crippen molar-refractivity contribution in [2.75, 3.05) is 13.2 Å². The Hall–Kier alpha value is -1.77. The Morgan fingerprint density at radius 1 is 1.54 bits per heavy atom. The zero-order chi connectivity index (χ0) is 16.5. The maximum atomic E-state index is 12.4. The van der Waals surface area contributed by atoms with Crippen molar-refractivity contribution in [2.24, 2.45) is 7.05 Å². The van der Waals surface area contributed by atoms with Crippen LogP contribution in [-0.2, 0) is 18.3 Å². The van der Waals surface area contributed by atoms with Crippen LogP contribution in [0.25, 0.3) is 0 Å². The lowest BCUT2D eigenvalue weighted by Crippen LogP contribution is -2.47. The lowest BCUT2D eigenvalue weighted by atomic mass is 10.0. The first kappa shape index (κ1) is 15.7. The molecule has 0 radical (unpaired) electrons. The number of fused-ring (bicyclic) bond motifs is 1. The summed E-state index contributed by atoms with van der Waals surface area (Å²) in [5.74, 6) is -0.114. The molecule has 0 spiro atoms. The standard InChI is InChI=1S/C16H21N5O2S/c1-20-6-11(5-18-20)7-21-8-12(15-14(21)3-2-4-23-15)19-16(22)13-9-24-10-17-13/h5-6,9-10,12,14-15H,2-4,7-8H2,1H3,(H,19,22)/t12-,14-,15-/m1/s1. The Bertz CT molecular complexity index is 701. The normalized spacial score (nSPS) is 27.1. The minimum Gasteiger partial charge on any atom is -0.374 e. The maximum Gasteiger partial charge on any atom is 0.271 e. The number of thiazole rings is 1. The molecule has 0 aromatic carbocycles. The number of hydrogen-bond acceptors (Lipinski definition) is 6. The van der Waals surface area contributed by atoms with Gasteiger partial charge in [-0.25, -0.2) is 4.98 Å². The predicted molar refractivity (Wildman–Crippen MR) is 89.7 cm³/mol. The van der Waals surface area contributed by atoms with E-state index in [1.165, 1.54) is 16.9 Å². The maximum absolute atomic E-state index is 12.4. The fourth-order valence-electron chi connectivity index (χ4n) is 3.72. The highest BCUT2D eigenvalue weighted by atomic mass is 32.1. The third-order valence-electron chi connectivity index (χ3n) is 4.76. The molecule has 0 saturated carbocycles. The van der Waals surface area contributed by atoms with Crippen LogP contribution in [0.1, 0.15) is 28.9 Å². The van der Waals surface area contributed by atoms with E-state index in [4.69, 9.17) is 4.74 Å². The van der Waals surface area contributed by atoms with E-state index in [9.17, 15) is 4.79 Å². The van der Waals surface area contributed by atoms with Crippen molar-refractivity contribution in [3.8, 4) is 0 Å². The van der Waals surface area contributed by atoms with E-state index in [2.05, 4.69) is 20.3 Å². The molecule has 8 heteroatoms. The van der Waals surface area contributed by atoms with Gasteiger partial charge in [-0.1, -0.05) is 0 Å². The van der Waals surface area contributed by atoms with Gasteiger partial charge in [0.2, 0.25) is 0 Å². The third kappa shape index (κ3) is 3.09. The molecule has 2 aromatic rings. The number of carbonyl (C=O) groups excluding carboxylic acids is 1. The molecular formula is C16H21N5O2S. The highest BCUT2D eigenvalue weighted by Gasteiger charge is 2.44. The predicted octanol–water partition coefficient (Wildman–Crippen LogP) is 1.04. The zero-order valence-corrected chi connectivity index (χ0v) is 14.4. The van der Waals surface area contributed by atoms with Gasteiger partial charge < -0.3 is 10.1 Å². The van der Waals surface area contributed by atoms with Crippen molar-refractivity contribution in [3.63, 3.8) is 0 Å². The molecule has 1 N–H and O–H groups in total. The molecule has 2 saturated heterocycles. The molecule has 2 aliphatic heterocycles. The Morgan fingerprint density at radius 2 is 2.46 bits per heavy atom. The summed E-state index contributed by atoms with van der Waals surface area (Å²) in [7, 11) is 1.93. The highest BCUT2D eigenvalue weighted by Crippen LogP contribution is 2.30. The van der Waals surface area contributed by atoms with Crippen LogP contribution in [0, 0.1) is 0 Å². The average Bonchev–Trinajstić information content (AvgIpc) is 3.30. The van der Waals surface area contributed by atoms with Gasteiger partial charge in [0.25, 0.3) is 5.91 Å². The van der Waals surface area contributed by atoms with Crippen LogP contribution < -0.4 is 5.32 Å². The number of aryl methyl sites for hydroxylation is 1. The largest absolute Gasteiger partial charge is 0.374 e. The second kappa shape index (κ2) is 6.62. The van der Waals surface area contributed by atoms with E-state index in [1.807, 2.05) is 24.1 Å². The monoisotopic (exact) mass is 347 g/mol. The molecule has 0 bridgehead atoms. The summed E-state index contributed by atoms with van der Waals surface area (Å²) in [6.07, 6.45) is 6.17. The van der Waals surface area contributed by atoms with Crippen molar-refractivity contribution in [3.05, 3.63) is 34.5 Å². The van der Waals surface area contributed by atoms with Crippen molar-refractivity contribution in [1.29, 1.82) is 0 Å². The lowest BCUT2D eigenvalue weighted by molar-refractivity contribution is -0.0211. The second-order valence-electron chi connectivity index (χ2n) is 6.45. The first-order valence-corrected chi connectivity index (χ1v) is 9.17. The Kier molecular flexibility index (Phi) is 4.34. The van der Waals surface area contributed by atoms with Gasteiger partial charge in [0.15, 0.2) is 0 Å². The summed E-state index contributed by atoms with van der Waals surface area (Å²) in [5.41, 5.74) is 3.35. The number of likely N-dealkylation sites (tertiary alicyclic amines) is 1. The van der Waals surface area contributed by atoms with E-state index >= 15 is 0 Å². The fourth-order valence-corrected chi connectivity index (χ4v) is 4.25. The van der Waals surface area contributed by atoms with Crippen LogP contribution in [0.2, 0.25) is 0 Å². The molecule has 0 aliphatic carbocycles. The molecule has 0 unspecified atom stereocenters. The van der Waals surface area contributed by atoms with Crippen LogP contribution in [0.3, 0.4) is 0 Å². The molecule has 128 valence electrons.